The van der Waals surface area contributed by atoms with Crippen molar-refractivity contribution >= 4 is 11.7 Å². The topological polar surface area (TPSA) is 67.8 Å². The first kappa shape index (κ1) is 25.6. The van der Waals surface area contributed by atoms with Crippen LogP contribution in [0.5, 0.6) is 5.75 Å². The highest BCUT2D eigenvalue weighted by atomic mass is 19.2. The molecule has 5 nitrogen and oxygen atoms in total. The fraction of sp³-hybridized carbons (Fsp3) is 0.321. The molecule has 1 heterocycles. The molecule has 0 fully saturated rings. The van der Waals surface area contributed by atoms with E-state index in [0.29, 0.717) is 28.1 Å². The molecule has 0 saturated carbocycles. The van der Waals surface area contributed by atoms with E-state index in [1.807, 2.05) is 13.8 Å². The van der Waals surface area contributed by atoms with Gasteiger partial charge in [-0.15, -0.1) is 0 Å². The maximum Gasteiger partial charge on any atom is 0.338 e. The van der Waals surface area contributed by atoms with Gasteiger partial charge in [0.15, 0.2) is 11.6 Å². The van der Waals surface area contributed by atoms with Gasteiger partial charge >= 0.3 is 5.97 Å². The molecule has 3 aromatic carbocycles. The van der Waals surface area contributed by atoms with Gasteiger partial charge < -0.3 is 19.9 Å². The predicted octanol–water partition coefficient (Wildman–Crippen LogP) is 5.54. The highest BCUT2D eigenvalue weighted by Crippen LogP contribution is 2.39. The standard InChI is InChI=1S/C28H28F3NO4/c1-27(2,22-12-19(29)5-9-25(22)35-3)15-28(34,13-17-4-8-23(30)24(31)10-17)16-32-20-6-7-21-18(11-20)14-36-26(21)33/h4-12,32,34H,13-16H2,1-3H3. The van der Waals surface area contributed by atoms with Crippen LogP contribution in [0, 0.1) is 17.5 Å². The average molecular weight is 500 g/mol. The Balaban J connectivity index is 1.64. The Labute approximate surface area is 207 Å². The average Bonchev–Trinajstić information content (AvgIpc) is 3.20. The number of hydrogen-bond acceptors (Lipinski definition) is 5. The Morgan fingerprint density at radius 2 is 1.81 bits per heavy atom. The third-order valence-corrected chi connectivity index (χ3v) is 6.48. The molecule has 0 spiro atoms. The van der Waals surface area contributed by atoms with Crippen molar-refractivity contribution in [2.75, 3.05) is 19.0 Å². The number of aliphatic hydroxyl groups is 1. The number of halogens is 3. The first-order chi connectivity index (χ1) is 17.0. The molecule has 36 heavy (non-hydrogen) atoms. The van der Waals surface area contributed by atoms with Crippen LogP contribution in [-0.4, -0.2) is 30.3 Å². The smallest absolute Gasteiger partial charge is 0.338 e. The summed E-state index contributed by atoms with van der Waals surface area (Å²) in [7, 11) is 1.49. The summed E-state index contributed by atoms with van der Waals surface area (Å²) in [6.07, 6.45) is 0.142. The number of nitrogens with one attached hydrogen (secondary N) is 1. The van der Waals surface area contributed by atoms with E-state index in [9.17, 15) is 23.1 Å². The van der Waals surface area contributed by atoms with Crippen LogP contribution in [-0.2, 0) is 23.2 Å². The van der Waals surface area contributed by atoms with Gasteiger partial charge in [-0.25, -0.2) is 18.0 Å². The van der Waals surface area contributed by atoms with Crippen LogP contribution in [0.1, 0.15) is 47.3 Å². The van der Waals surface area contributed by atoms with Crippen LogP contribution in [0.25, 0.3) is 0 Å². The van der Waals surface area contributed by atoms with Crippen LogP contribution in [0.15, 0.2) is 54.6 Å². The van der Waals surface area contributed by atoms with Crippen LogP contribution < -0.4 is 10.1 Å². The highest BCUT2D eigenvalue weighted by Gasteiger charge is 2.38. The number of carbonyl (C=O) groups is 1. The molecule has 0 amide bonds. The molecule has 0 aromatic heterocycles. The van der Waals surface area contributed by atoms with Crippen molar-refractivity contribution < 1.29 is 32.5 Å². The van der Waals surface area contributed by atoms with Crippen molar-refractivity contribution in [1.82, 2.24) is 0 Å². The van der Waals surface area contributed by atoms with Crippen LogP contribution in [0.3, 0.4) is 0 Å². The van der Waals surface area contributed by atoms with Crippen molar-refractivity contribution in [2.24, 2.45) is 0 Å². The quantitative estimate of drug-likeness (QED) is 0.379. The summed E-state index contributed by atoms with van der Waals surface area (Å²) in [6, 6.07) is 12.9. The van der Waals surface area contributed by atoms with Crippen molar-refractivity contribution in [3.63, 3.8) is 0 Å². The van der Waals surface area contributed by atoms with E-state index in [0.717, 1.165) is 17.7 Å². The number of rotatable bonds is 9. The molecule has 1 aliphatic heterocycles. The summed E-state index contributed by atoms with van der Waals surface area (Å²) in [5.74, 6) is -2.31. The van der Waals surface area contributed by atoms with E-state index in [2.05, 4.69) is 5.32 Å². The second-order valence-electron chi connectivity index (χ2n) is 9.86. The van der Waals surface area contributed by atoms with Crippen molar-refractivity contribution in [3.8, 4) is 5.75 Å². The minimum atomic E-state index is -1.46. The fourth-order valence-electron chi connectivity index (χ4n) is 4.85. The van der Waals surface area contributed by atoms with Gasteiger partial charge in [-0.1, -0.05) is 19.9 Å². The first-order valence-electron chi connectivity index (χ1n) is 11.5. The first-order valence-corrected chi connectivity index (χ1v) is 11.5. The molecular weight excluding hydrogens is 471 g/mol. The second-order valence-corrected chi connectivity index (χ2v) is 9.86. The second kappa shape index (κ2) is 9.85. The van der Waals surface area contributed by atoms with Crippen LogP contribution in [0.2, 0.25) is 0 Å². The summed E-state index contributed by atoms with van der Waals surface area (Å²) in [5, 5.41) is 15.1. The Kier molecular flexibility index (Phi) is 7.00. The molecule has 0 radical (unpaired) electrons. The predicted molar refractivity (Wildman–Crippen MR) is 130 cm³/mol. The number of benzene rings is 3. The number of esters is 1. The van der Waals surface area contributed by atoms with Crippen molar-refractivity contribution in [1.29, 1.82) is 0 Å². The maximum absolute atomic E-state index is 14.1. The van der Waals surface area contributed by atoms with Crippen molar-refractivity contribution in [2.45, 2.75) is 44.3 Å². The number of carbonyl (C=O) groups excluding carboxylic acids is 1. The number of ether oxygens (including phenoxy) is 2. The van der Waals surface area contributed by atoms with E-state index in [4.69, 9.17) is 9.47 Å². The summed E-state index contributed by atoms with van der Waals surface area (Å²) < 4.78 is 52.1. The molecule has 1 unspecified atom stereocenters. The van der Waals surface area contributed by atoms with Crippen LogP contribution >= 0.6 is 0 Å². The molecule has 1 aliphatic rings. The molecular formula is C28H28F3NO4. The van der Waals surface area contributed by atoms with E-state index < -0.39 is 28.5 Å². The Bertz CT molecular complexity index is 1290. The van der Waals surface area contributed by atoms with E-state index in [1.54, 1.807) is 18.2 Å². The lowest BCUT2D eigenvalue weighted by atomic mass is 9.73. The Hall–Kier alpha value is -3.52. The molecule has 2 N–H and O–H groups in total. The molecule has 8 heteroatoms. The number of cyclic esters (lactones) is 1. The zero-order valence-electron chi connectivity index (χ0n) is 20.3. The summed E-state index contributed by atoms with van der Waals surface area (Å²) in [6.45, 7) is 3.94. The summed E-state index contributed by atoms with van der Waals surface area (Å²) in [4.78, 5) is 11.7. The number of methoxy groups -OCH3 is 1. The minimum absolute atomic E-state index is 0.00476. The van der Waals surface area contributed by atoms with Gasteiger partial charge in [0.1, 0.15) is 18.2 Å². The van der Waals surface area contributed by atoms with Gasteiger partial charge in [0.05, 0.1) is 18.3 Å². The number of anilines is 1. The molecule has 0 saturated heterocycles. The lowest BCUT2D eigenvalue weighted by Crippen LogP contribution is -2.44. The summed E-state index contributed by atoms with van der Waals surface area (Å²) in [5.41, 5.74) is 0.653. The van der Waals surface area contributed by atoms with Gasteiger partial charge in [-0.3, -0.25) is 0 Å². The normalized spacial score (nSPS) is 14.7. The van der Waals surface area contributed by atoms with E-state index >= 15 is 0 Å². The Morgan fingerprint density at radius 3 is 2.53 bits per heavy atom. The third kappa shape index (κ3) is 5.49. The molecule has 4 rings (SSSR count). The van der Waals surface area contributed by atoms with E-state index in [-0.39, 0.29) is 32.0 Å². The van der Waals surface area contributed by atoms with Gasteiger partial charge in [-0.05, 0) is 65.9 Å². The molecule has 3 aromatic rings. The third-order valence-electron chi connectivity index (χ3n) is 6.48. The lowest BCUT2D eigenvalue weighted by Gasteiger charge is -2.38. The van der Waals surface area contributed by atoms with Gasteiger partial charge in [-0.2, -0.15) is 0 Å². The lowest BCUT2D eigenvalue weighted by molar-refractivity contribution is 0.0252. The molecule has 190 valence electrons. The fourth-order valence-corrected chi connectivity index (χ4v) is 4.85. The number of fused-ring (bicyclic) bond motifs is 1. The zero-order chi connectivity index (χ0) is 26.1. The maximum atomic E-state index is 14.1. The molecule has 1 atom stereocenters. The van der Waals surface area contributed by atoms with Gasteiger partial charge in [0, 0.05) is 29.8 Å². The highest BCUT2D eigenvalue weighted by molar-refractivity contribution is 5.93. The van der Waals surface area contributed by atoms with Crippen LogP contribution in [0.4, 0.5) is 18.9 Å². The van der Waals surface area contributed by atoms with Crippen molar-refractivity contribution in [3.05, 3.63) is 94.3 Å². The SMILES string of the molecule is COc1ccc(F)cc1C(C)(C)CC(O)(CNc1ccc2c(c1)COC2=O)Cc1ccc(F)c(F)c1. The monoisotopic (exact) mass is 499 g/mol. The van der Waals surface area contributed by atoms with Gasteiger partial charge in [0.2, 0.25) is 0 Å². The van der Waals surface area contributed by atoms with Gasteiger partial charge in [0.25, 0.3) is 0 Å². The molecule has 0 bridgehead atoms. The Morgan fingerprint density at radius 1 is 1.03 bits per heavy atom. The molecule has 0 aliphatic carbocycles. The summed E-state index contributed by atoms with van der Waals surface area (Å²) >= 11 is 0. The minimum Gasteiger partial charge on any atom is -0.496 e. The zero-order valence-corrected chi connectivity index (χ0v) is 20.3. The number of hydrogen-bond donors (Lipinski definition) is 2. The van der Waals surface area contributed by atoms with E-state index in [1.165, 1.54) is 31.4 Å². The largest absolute Gasteiger partial charge is 0.496 e.